The second-order valence-corrected chi connectivity index (χ2v) is 10.0. The highest BCUT2D eigenvalue weighted by atomic mass is 32.2. The molecular weight excluding hydrogens is 405 g/mol. The van der Waals surface area contributed by atoms with Crippen molar-refractivity contribution in [1.82, 2.24) is 9.29 Å². The predicted molar refractivity (Wildman–Crippen MR) is 113 cm³/mol. The minimum atomic E-state index is -3.49. The average Bonchev–Trinajstić information content (AvgIpc) is 2.79. The monoisotopic (exact) mass is 433 g/mol. The first-order chi connectivity index (χ1) is 14.5. The summed E-state index contributed by atoms with van der Waals surface area (Å²) in [5, 5.41) is 3.33. The van der Waals surface area contributed by atoms with Gasteiger partial charge in [-0.15, -0.1) is 0 Å². The van der Waals surface area contributed by atoms with Gasteiger partial charge in [0.1, 0.15) is 16.5 Å². The molecule has 3 heterocycles. The molecule has 0 aliphatic carbocycles. The van der Waals surface area contributed by atoms with Gasteiger partial charge < -0.3 is 10.1 Å². The molecule has 0 saturated carbocycles. The third-order valence-electron chi connectivity index (χ3n) is 6.18. The Bertz CT molecular complexity index is 954. The van der Waals surface area contributed by atoms with Crippen LogP contribution in [0.4, 0.5) is 10.2 Å². The highest BCUT2D eigenvalue weighted by Crippen LogP contribution is 2.35. The van der Waals surface area contributed by atoms with Gasteiger partial charge in [0.2, 0.25) is 10.0 Å². The number of anilines is 1. The number of piperidine rings is 1. The number of hydrogen-bond acceptors (Lipinski definition) is 5. The third-order valence-corrected chi connectivity index (χ3v) is 8.07. The Morgan fingerprint density at radius 2 is 1.87 bits per heavy atom. The summed E-state index contributed by atoms with van der Waals surface area (Å²) in [5.74, 6) is 0.360. The molecule has 0 bridgehead atoms. The molecule has 2 aromatic rings. The second kappa shape index (κ2) is 8.99. The van der Waals surface area contributed by atoms with Crippen LogP contribution in [0.3, 0.4) is 0 Å². The van der Waals surface area contributed by atoms with Gasteiger partial charge in [-0.2, -0.15) is 4.31 Å². The smallest absolute Gasteiger partial charge is 0.244 e. The molecule has 6 nitrogen and oxygen atoms in total. The van der Waals surface area contributed by atoms with Crippen LogP contribution in [0, 0.1) is 5.82 Å². The zero-order chi connectivity index (χ0) is 21.0. The van der Waals surface area contributed by atoms with Gasteiger partial charge >= 0.3 is 0 Å². The Balaban J connectivity index is 1.48. The van der Waals surface area contributed by atoms with Crippen molar-refractivity contribution in [1.29, 1.82) is 0 Å². The highest BCUT2D eigenvalue weighted by molar-refractivity contribution is 7.89. The van der Waals surface area contributed by atoms with E-state index in [1.807, 2.05) is 6.07 Å². The Labute approximate surface area is 177 Å². The van der Waals surface area contributed by atoms with E-state index in [2.05, 4.69) is 10.3 Å². The van der Waals surface area contributed by atoms with Crippen molar-refractivity contribution in [3.8, 4) is 0 Å². The minimum absolute atomic E-state index is 0.223. The van der Waals surface area contributed by atoms with Crippen LogP contribution in [0.25, 0.3) is 0 Å². The summed E-state index contributed by atoms with van der Waals surface area (Å²) in [6, 6.07) is 10.0. The molecular formula is C22H28FN3O3S. The predicted octanol–water partition coefficient (Wildman–Crippen LogP) is 3.56. The zero-order valence-corrected chi connectivity index (χ0v) is 17.8. The summed E-state index contributed by atoms with van der Waals surface area (Å²) >= 11 is 0. The lowest BCUT2D eigenvalue weighted by atomic mass is 9.74. The van der Waals surface area contributed by atoms with Crippen LogP contribution in [0.5, 0.6) is 0 Å². The van der Waals surface area contributed by atoms with E-state index in [0.29, 0.717) is 38.7 Å². The van der Waals surface area contributed by atoms with Crippen molar-refractivity contribution in [2.24, 2.45) is 0 Å². The molecule has 1 aromatic heterocycles. The zero-order valence-electron chi connectivity index (χ0n) is 17.0. The van der Waals surface area contributed by atoms with Gasteiger partial charge in [0.15, 0.2) is 0 Å². The molecule has 1 aromatic carbocycles. The molecule has 8 heteroatoms. The van der Waals surface area contributed by atoms with Crippen molar-refractivity contribution in [2.75, 3.05) is 38.2 Å². The van der Waals surface area contributed by atoms with Crippen LogP contribution in [0.15, 0.2) is 47.5 Å². The topological polar surface area (TPSA) is 71.5 Å². The molecule has 0 unspecified atom stereocenters. The number of benzene rings is 1. The SMILES string of the molecule is O=S(=O)(c1ccc(NCC2(c3cccc(F)c3)CCOCC2)nc1)N1CCCCC1. The number of hydrogen-bond donors (Lipinski definition) is 1. The fourth-order valence-electron chi connectivity index (χ4n) is 4.30. The van der Waals surface area contributed by atoms with E-state index < -0.39 is 10.0 Å². The van der Waals surface area contributed by atoms with E-state index in [4.69, 9.17) is 4.74 Å². The summed E-state index contributed by atoms with van der Waals surface area (Å²) in [5.41, 5.74) is 0.697. The molecule has 1 N–H and O–H groups in total. The number of nitrogens with zero attached hydrogens (tertiary/aromatic N) is 2. The van der Waals surface area contributed by atoms with Gasteiger partial charge in [0, 0.05) is 44.5 Å². The number of pyridine rings is 1. The maximum absolute atomic E-state index is 13.8. The number of rotatable bonds is 6. The molecule has 0 atom stereocenters. The van der Waals surface area contributed by atoms with E-state index in [1.54, 1.807) is 28.6 Å². The molecule has 0 amide bonds. The Kier molecular flexibility index (Phi) is 6.36. The number of nitrogens with one attached hydrogen (secondary N) is 1. The Hall–Kier alpha value is -2.03. The van der Waals surface area contributed by atoms with Crippen LogP contribution < -0.4 is 5.32 Å². The van der Waals surface area contributed by atoms with Crippen molar-refractivity contribution < 1.29 is 17.5 Å². The lowest BCUT2D eigenvalue weighted by Gasteiger charge is -2.38. The number of aromatic nitrogens is 1. The highest BCUT2D eigenvalue weighted by Gasteiger charge is 2.35. The maximum Gasteiger partial charge on any atom is 0.244 e. The van der Waals surface area contributed by atoms with Crippen LogP contribution in [0.1, 0.15) is 37.7 Å². The summed E-state index contributed by atoms with van der Waals surface area (Å²) < 4.78 is 46.5. The number of sulfonamides is 1. The summed E-state index contributed by atoms with van der Waals surface area (Å²) in [4.78, 5) is 4.57. The molecule has 162 valence electrons. The van der Waals surface area contributed by atoms with Crippen LogP contribution in [-0.2, 0) is 20.2 Å². The fraction of sp³-hybridized carbons (Fsp3) is 0.500. The van der Waals surface area contributed by atoms with E-state index in [-0.39, 0.29) is 16.1 Å². The van der Waals surface area contributed by atoms with Crippen LogP contribution in [-0.4, -0.2) is 50.6 Å². The Morgan fingerprint density at radius 3 is 2.53 bits per heavy atom. The molecule has 2 saturated heterocycles. The van der Waals surface area contributed by atoms with E-state index in [9.17, 15) is 12.8 Å². The van der Waals surface area contributed by atoms with E-state index in [1.165, 1.54) is 12.3 Å². The second-order valence-electron chi connectivity index (χ2n) is 8.10. The summed E-state index contributed by atoms with van der Waals surface area (Å²) in [7, 11) is -3.49. The first kappa shape index (κ1) is 21.2. The van der Waals surface area contributed by atoms with Gasteiger partial charge in [-0.05, 0) is 55.5 Å². The molecule has 2 aliphatic heterocycles. The number of ether oxygens (including phenoxy) is 1. The van der Waals surface area contributed by atoms with Gasteiger partial charge in [-0.1, -0.05) is 18.6 Å². The lowest BCUT2D eigenvalue weighted by molar-refractivity contribution is 0.0542. The lowest BCUT2D eigenvalue weighted by Crippen LogP contribution is -2.40. The first-order valence-electron chi connectivity index (χ1n) is 10.5. The average molecular weight is 434 g/mol. The fourth-order valence-corrected chi connectivity index (χ4v) is 5.76. The molecule has 2 fully saturated rings. The first-order valence-corrected chi connectivity index (χ1v) is 12.0. The summed E-state index contributed by atoms with van der Waals surface area (Å²) in [6.45, 7) is 2.96. The van der Waals surface area contributed by atoms with Crippen molar-refractivity contribution in [2.45, 2.75) is 42.4 Å². The van der Waals surface area contributed by atoms with Gasteiger partial charge in [0.25, 0.3) is 0 Å². The summed E-state index contributed by atoms with van der Waals surface area (Å²) in [6.07, 6.45) is 5.86. The molecule has 0 radical (unpaired) electrons. The van der Waals surface area contributed by atoms with Crippen molar-refractivity contribution in [3.63, 3.8) is 0 Å². The molecule has 30 heavy (non-hydrogen) atoms. The van der Waals surface area contributed by atoms with E-state index in [0.717, 1.165) is 37.7 Å². The van der Waals surface area contributed by atoms with Crippen LogP contribution in [0.2, 0.25) is 0 Å². The van der Waals surface area contributed by atoms with Crippen molar-refractivity contribution in [3.05, 3.63) is 54.0 Å². The normalized spacial score (nSPS) is 20.0. The maximum atomic E-state index is 13.8. The minimum Gasteiger partial charge on any atom is -0.381 e. The Morgan fingerprint density at radius 1 is 1.10 bits per heavy atom. The quantitative estimate of drug-likeness (QED) is 0.754. The largest absolute Gasteiger partial charge is 0.381 e. The standard InChI is InChI=1S/C22H28FN3O3S/c23-19-6-4-5-18(15-19)22(9-13-29-14-10-22)17-25-21-8-7-20(16-24-21)30(27,28)26-11-2-1-3-12-26/h4-8,15-16H,1-3,9-14,17H2,(H,24,25). The molecule has 0 spiro atoms. The van der Waals surface area contributed by atoms with E-state index >= 15 is 0 Å². The third kappa shape index (κ3) is 4.50. The van der Waals surface area contributed by atoms with Gasteiger partial charge in [0.05, 0.1) is 0 Å². The van der Waals surface area contributed by atoms with Crippen molar-refractivity contribution >= 4 is 15.8 Å². The molecule has 4 rings (SSSR count). The number of halogens is 1. The van der Waals surface area contributed by atoms with Crippen LogP contribution >= 0.6 is 0 Å². The van der Waals surface area contributed by atoms with Gasteiger partial charge in [-0.3, -0.25) is 0 Å². The molecule has 2 aliphatic rings. The van der Waals surface area contributed by atoms with Gasteiger partial charge in [-0.25, -0.2) is 17.8 Å².